The first-order valence-corrected chi connectivity index (χ1v) is 5.48. The maximum Gasteiger partial charge on any atom is 0.303 e. The summed E-state index contributed by atoms with van der Waals surface area (Å²) in [5, 5.41) is 13.1. The number of hydrogen-bond acceptors (Lipinski definition) is 2. The molecule has 0 radical (unpaired) electrons. The van der Waals surface area contributed by atoms with E-state index in [1.165, 1.54) is 5.56 Å². The quantitative estimate of drug-likeness (QED) is 0.854. The van der Waals surface area contributed by atoms with E-state index in [-0.39, 0.29) is 11.8 Å². The van der Waals surface area contributed by atoms with Gasteiger partial charge in [-0.15, -0.1) is 0 Å². The average Bonchev–Trinajstić information content (AvgIpc) is 2.38. The zero-order valence-corrected chi connectivity index (χ0v) is 10.7. The van der Waals surface area contributed by atoms with Gasteiger partial charge in [0.25, 0.3) is 0 Å². The molecule has 1 heterocycles. The van der Waals surface area contributed by atoms with Crippen LogP contribution in [0.25, 0.3) is 0 Å². The van der Waals surface area contributed by atoms with Gasteiger partial charge in [-0.2, -0.15) is 5.10 Å². The normalized spacial score (nSPS) is 11.8. The third kappa shape index (κ3) is 2.62. The highest BCUT2D eigenvalue weighted by Gasteiger charge is 2.24. The summed E-state index contributed by atoms with van der Waals surface area (Å²) in [6.07, 6.45) is 0.642. The van der Waals surface area contributed by atoms with E-state index in [9.17, 15) is 4.79 Å². The van der Waals surface area contributed by atoms with Crippen LogP contribution < -0.4 is 0 Å². The Kier molecular flexibility index (Phi) is 3.41. The van der Waals surface area contributed by atoms with E-state index in [2.05, 4.69) is 25.9 Å². The van der Waals surface area contributed by atoms with Crippen molar-refractivity contribution in [3.63, 3.8) is 0 Å². The van der Waals surface area contributed by atoms with Crippen molar-refractivity contribution in [2.45, 2.75) is 46.0 Å². The van der Waals surface area contributed by atoms with Crippen LogP contribution in [-0.2, 0) is 23.7 Å². The highest BCUT2D eigenvalue weighted by molar-refractivity contribution is 5.67. The van der Waals surface area contributed by atoms with Crippen LogP contribution in [0.4, 0.5) is 0 Å². The number of hydrogen-bond donors (Lipinski definition) is 1. The zero-order chi connectivity index (χ0) is 12.5. The summed E-state index contributed by atoms with van der Waals surface area (Å²) in [5.41, 5.74) is 3.21. The molecule has 16 heavy (non-hydrogen) atoms. The lowest BCUT2D eigenvalue weighted by atomic mass is 9.84. The van der Waals surface area contributed by atoms with E-state index >= 15 is 0 Å². The second-order valence-corrected chi connectivity index (χ2v) is 5.17. The number of rotatable bonds is 3. The van der Waals surface area contributed by atoms with E-state index in [0.29, 0.717) is 6.42 Å². The molecule has 4 heteroatoms. The first kappa shape index (κ1) is 12.7. The van der Waals surface area contributed by atoms with Crippen LogP contribution in [0.1, 0.15) is 44.1 Å². The molecule has 0 fully saturated rings. The number of aryl methyl sites for hydroxylation is 2. The van der Waals surface area contributed by atoms with Crippen molar-refractivity contribution in [1.29, 1.82) is 0 Å². The third-order valence-electron chi connectivity index (χ3n) is 2.73. The van der Waals surface area contributed by atoms with Crippen LogP contribution in [0.2, 0.25) is 0 Å². The summed E-state index contributed by atoms with van der Waals surface area (Å²) >= 11 is 0. The van der Waals surface area contributed by atoms with E-state index in [1.807, 2.05) is 18.7 Å². The molecule has 0 saturated heterocycles. The maximum atomic E-state index is 10.6. The Bertz CT molecular complexity index is 400. The van der Waals surface area contributed by atoms with Crippen LogP contribution in [0.5, 0.6) is 0 Å². The number of carbonyl (C=O) groups is 1. The third-order valence-corrected chi connectivity index (χ3v) is 2.73. The summed E-state index contributed by atoms with van der Waals surface area (Å²) < 4.78 is 1.83. The van der Waals surface area contributed by atoms with E-state index in [1.54, 1.807) is 0 Å². The summed E-state index contributed by atoms with van der Waals surface area (Å²) in [5.74, 6) is -0.775. The number of aliphatic carboxylic acids is 1. The van der Waals surface area contributed by atoms with Gasteiger partial charge in [0.2, 0.25) is 0 Å². The lowest BCUT2D eigenvalue weighted by molar-refractivity contribution is -0.136. The molecule has 0 amide bonds. The van der Waals surface area contributed by atoms with Gasteiger partial charge in [-0.3, -0.25) is 9.48 Å². The van der Waals surface area contributed by atoms with Gasteiger partial charge < -0.3 is 5.11 Å². The smallest absolute Gasteiger partial charge is 0.303 e. The van der Waals surface area contributed by atoms with Gasteiger partial charge in [0.05, 0.1) is 12.1 Å². The fourth-order valence-electron chi connectivity index (χ4n) is 2.05. The van der Waals surface area contributed by atoms with Crippen molar-refractivity contribution in [3.8, 4) is 0 Å². The molecule has 0 aliphatic carbocycles. The standard InChI is InChI=1S/C12H20N2O2/c1-8-11(12(2,3)4)9(13-14(8)5)6-7-10(15)16/h6-7H2,1-5H3,(H,15,16). The summed E-state index contributed by atoms with van der Waals surface area (Å²) in [6.45, 7) is 8.40. The Balaban J connectivity index is 3.09. The van der Waals surface area contributed by atoms with Crippen molar-refractivity contribution < 1.29 is 9.90 Å². The van der Waals surface area contributed by atoms with Gasteiger partial charge in [0.1, 0.15) is 0 Å². The van der Waals surface area contributed by atoms with Crippen molar-refractivity contribution >= 4 is 5.97 Å². The number of carboxylic acid groups (broad SMARTS) is 1. The Labute approximate surface area is 96.3 Å². The Morgan fingerprint density at radius 2 is 2.00 bits per heavy atom. The fraction of sp³-hybridized carbons (Fsp3) is 0.667. The molecule has 0 spiro atoms. The fourth-order valence-corrected chi connectivity index (χ4v) is 2.05. The van der Waals surface area contributed by atoms with Gasteiger partial charge >= 0.3 is 5.97 Å². The van der Waals surface area contributed by atoms with Crippen LogP contribution in [0.3, 0.4) is 0 Å². The highest BCUT2D eigenvalue weighted by atomic mass is 16.4. The number of carboxylic acids is 1. The molecule has 0 aliphatic heterocycles. The summed E-state index contributed by atoms with van der Waals surface area (Å²) in [7, 11) is 1.90. The topological polar surface area (TPSA) is 55.1 Å². The lowest BCUT2D eigenvalue weighted by Crippen LogP contribution is -2.15. The van der Waals surface area contributed by atoms with Gasteiger partial charge in [-0.05, 0) is 12.3 Å². The molecule has 1 aromatic rings. The van der Waals surface area contributed by atoms with E-state index in [0.717, 1.165) is 11.4 Å². The Morgan fingerprint density at radius 1 is 1.44 bits per heavy atom. The first-order chi connectivity index (χ1) is 7.23. The van der Waals surface area contributed by atoms with Gasteiger partial charge in [0, 0.05) is 24.7 Å². The molecule has 1 aromatic heterocycles. The molecule has 4 nitrogen and oxygen atoms in total. The minimum absolute atomic E-state index is 0.00613. The minimum Gasteiger partial charge on any atom is -0.481 e. The monoisotopic (exact) mass is 224 g/mol. The van der Waals surface area contributed by atoms with Gasteiger partial charge in [-0.1, -0.05) is 20.8 Å². The minimum atomic E-state index is -0.775. The van der Waals surface area contributed by atoms with E-state index < -0.39 is 5.97 Å². The average molecular weight is 224 g/mol. The predicted molar refractivity (Wildman–Crippen MR) is 62.6 cm³/mol. The molecule has 0 saturated carbocycles. The number of nitrogens with zero attached hydrogens (tertiary/aromatic N) is 2. The largest absolute Gasteiger partial charge is 0.481 e. The molecule has 90 valence electrons. The Hall–Kier alpha value is -1.32. The second-order valence-electron chi connectivity index (χ2n) is 5.17. The van der Waals surface area contributed by atoms with E-state index in [4.69, 9.17) is 5.11 Å². The molecule has 1 N–H and O–H groups in total. The van der Waals surface area contributed by atoms with Crippen LogP contribution in [0, 0.1) is 6.92 Å². The second kappa shape index (κ2) is 4.28. The molecule has 0 atom stereocenters. The molecular formula is C12H20N2O2. The molecule has 0 unspecified atom stereocenters. The van der Waals surface area contributed by atoms with Gasteiger partial charge in [-0.25, -0.2) is 0 Å². The molecule has 0 aliphatic rings. The van der Waals surface area contributed by atoms with Crippen molar-refractivity contribution in [2.24, 2.45) is 7.05 Å². The van der Waals surface area contributed by atoms with Crippen LogP contribution >= 0.6 is 0 Å². The molecule has 0 aromatic carbocycles. The van der Waals surface area contributed by atoms with Crippen LogP contribution in [-0.4, -0.2) is 20.9 Å². The molecule has 0 bridgehead atoms. The zero-order valence-electron chi connectivity index (χ0n) is 10.7. The summed E-state index contributed by atoms with van der Waals surface area (Å²) in [4.78, 5) is 10.6. The predicted octanol–water partition coefficient (Wildman–Crippen LogP) is 2.04. The first-order valence-electron chi connectivity index (χ1n) is 5.48. The maximum absolute atomic E-state index is 10.6. The number of aromatic nitrogens is 2. The highest BCUT2D eigenvalue weighted by Crippen LogP contribution is 2.29. The van der Waals surface area contributed by atoms with Crippen molar-refractivity contribution in [2.75, 3.05) is 0 Å². The molecule has 1 rings (SSSR count). The van der Waals surface area contributed by atoms with Crippen molar-refractivity contribution in [3.05, 3.63) is 17.0 Å². The summed E-state index contributed by atoms with van der Waals surface area (Å²) in [6, 6.07) is 0. The van der Waals surface area contributed by atoms with Crippen molar-refractivity contribution in [1.82, 2.24) is 9.78 Å². The van der Waals surface area contributed by atoms with Gasteiger partial charge in [0.15, 0.2) is 0 Å². The SMILES string of the molecule is Cc1c(C(C)(C)C)c(CCC(=O)O)nn1C. The lowest BCUT2D eigenvalue weighted by Gasteiger charge is -2.20. The Morgan fingerprint density at radius 3 is 2.44 bits per heavy atom. The van der Waals surface area contributed by atoms with Crippen LogP contribution in [0.15, 0.2) is 0 Å². The molecular weight excluding hydrogens is 204 g/mol.